The van der Waals surface area contributed by atoms with Crippen molar-refractivity contribution in [3.8, 4) is 5.75 Å². The zero-order valence-electron chi connectivity index (χ0n) is 16.1. The van der Waals surface area contributed by atoms with Crippen LogP contribution in [0.3, 0.4) is 0 Å². The van der Waals surface area contributed by atoms with Gasteiger partial charge in [-0.05, 0) is 51.3 Å². The van der Waals surface area contributed by atoms with Gasteiger partial charge in [-0.3, -0.25) is 9.48 Å². The molecule has 0 bridgehead atoms. The molecule has 0 fully saturated rings. The van der Waals surface area contributed by atoms with Crippen molar-refractivity contribution in [2.24, 2.45) is 5.92 Å². The van der Waals surface area contributed by atoms with Gasteiger partial charge in [0.1, 0.15) is 5.75 Å². The van der Waals surface area contributed by atoms with Crippen molar-refractivity contribution < 1.29 is 9.53 Å². The minimum Gasteiger partial charge on any atom is -0.493 e. The second kappa shape index (κ2) is 8.19. The number of ether oxygens (including phenoxy) is 1. The van der Waals surface area contributed by atoms with Crippen LogP contribution in [-0.2, 0) is 11.2 Å². The van der Waals surface area contributed by atoms with Gasteiger partial charge in [0.05, 0.1) is 30.1 Å². The SMILES string of the molecule is Cc1nn(C(C)C)c(C)c1NC(=O)Cc1ccc(OCC(C)C)cc1. The molecule has 0 radical (unpaired) electrons. The molecule has 2 rings (SSSR count). The molecule has 1 aromatic carbocycles. The lowest BCUT2D eigenvalue weighted by Crippen LogP contribution is -2.15. The quantitative estimate of drug-likeness (QED) is 0.815. The molecule has 0 unspecified atom stereocenters. The summed E-state index contributed by atoms with van der Waals surface area (Å²) < 4.78 is 7.60. The highest BCUT2D eigenvalue weighted by Crippen LogP contribution is 2.22. The van der Waals surface area contributed by atoms with E-state index in [1.54, 1.807) is 0 Å². The number of nitrogens with zero attached hydrogens (tertiary/aromatic N) is 2. The smallest absolute Gasteiger partial charge is 0.228 e. The van der Waals surface area contributed by atoms with Gasteiger partial charge in [-0.1, -0.05) is 26.0 Å². The van der Waals surface area contributed by atoms with Crippen LogP contribution < -0.4 is 10.1 Å². The third kappa shape index (κ3) is 5.08. The lowest BCUT2D eigenvalue weighted by Gasteiger charge is -2.10. The number of carbonyl (C=O) groups is 1. The lowest BCUT2D eigenvalue weighted by molar-refractivity contribution is -0.115. The first-order valence-corrected chi connectivity index (χ1v) is 8.85. The standard InChI is InChI=1S/C20H29N3O2/c1-13(2)12-25-18-9-7-17(8-10-18)11-19(24)21-20-15(5)22-23(14(3)4)16(20)6/h7-10,13-14H,11-12H2,1-6H3,(H,21,24). The fourth-order valence-corrected chi connectivity index (χ4v) is 2.68. The maximum absolute atomic E-state index is 12.4. The van der Waals surface area contributed by atoms with E-state index >= 15 is 0 Å². The summed E-state index contributed by atoms with van der Waals surface area (Å²) in [4.78, 5) is 12.4. The minimum absolute atomic E-state index is 0.0367. The topological polar surface area (TPSA) is 56.2 Å². The van der Waals surface area contributed by atoms with Crippen LogP contribution in [0, 0.1) is 19.8 Å². The van der Waals surface area contributed by atoms with Crippen LogP contribution in [0.5, 0.6) is 5.75 Å². The highest BCUT2D eigenvalue weighted by atomic mass is 16.5. The third-order valence-corrected chi connectivity index (χ3v) is 3.95. The predicted molar refractivity (Wildman–Crippen MR) is 101 cm³/mol. The Kier molecular flexibility index (Phi) is 6.23. The van der Waals surface area contributed by atoms with Gasteiger partial charge in [0, 0.05) is 6.04 Å². The van der Waals surface area contributed by atoms with Crippen molar-refractivity contribution >= 4 is 11.6 Å². The molecule has 0 aliphatic heterocycles. The summed E-state index contributed by atoms with van der Waals surface area (Å²) in [6.07, 6.45) is 0.330. The van der Waals surface area contributed by atoms with Crippen molar-refractivity contribution in [3.05, 3.63) is 41.2 Å². The number of carbonyl (C=O) groups excluding carboxylic acids is 1. The Labute approximate surface area is 150 Å². The van der Waals surface area contributed by atoms with E-state index in [1.165, 1.54) is 0 Å². The van der Waals surface area contributed by atoms with Crippen molar-refractivity contribution in [2.45, 2.75) is 54.0 Å². The van der Waals surface area contributed by atoms with E-state index in [4.69, 9.17) is 4.74 Å². The predicted octanol–water partition coefficient (Wildman–Crippen LogP) is 4.30. The number of benzene rings is 1. The number of rotatable bonds is 7. The van der Waals surface area contributed by atoms with Crippen LogP contribution in [0.2, 0.25) is 0 Å². The molecule has 2 aromatic rings. The molecule has 1 aromatic heterocycles. The average Bonchev–Trinajstić information content (AvgIpc) is 2.82. The van der Waals surface area contributed by atoms with Gasteiger partial charge in [0.15, 0.2) is 0 Å². The first kappa shape index (κ1) is 19.0. The van der Waals surface area contributed by atoms with Gasteiger partial charge in [0.2, 0.25) is 5.91 Å². The minimum atomic E-state index is -0.0367. The van der Waals surface area contributed by atoms with Crippen molar-refractivity contribution in [1.82, 2.24) is 9.78 Å². The third-order valence-electron chi connectivity index (χ3n) is 3.95. The van der Waals surface area contributed by atoms with Gasteiger partial charge >= 0.3 is 0 Å². The van der Waals surface area contributed by atoms with Crippen molar-refractivity contribution in [3.63, 3.8) is 0 Å². The van der Waals surface area contributed by atoms with Crippen LogP contribution in [0.1, 0.15) is 50.7 Å². The number of anilines is 1. The van der Waals surface area contributed by atoms with E-state index in [9.17, 15) is 4.79 Å². The summed E-state index contributed by atoms with van der Waals surface area (Å²) in [7, 11) is 0. The van der Waals surface area contributed by atoms with Crippen LogP contribution in [0.15, 0.2) is 24.3 Å². The number of aryl methyl sites for hydroxylation is 1. The van der Waals surface area contributed by atoms with Crippen LogP contribution >= 0.6 is 0 Å². The largest absolute Gasteiger partial charge is 0.493 e. The van der Waals surface area contributed by atoms with Gasteiger partial charge in [0.25, 0.3) is 0 Å². The Morgan fingerprint density at radius 3 is 2.32 bits per heavy atom. The summed E-state index contributed by atoms with van der Waals surface area (Å²) >= 11 is 0. The average molecular weight is 343 g/mol. The molecule has 1 amide bonds. The molecular formula is C20H29N3O2. The number of aromatic nitrogens is 2. The fourth-order valence-electron chi connectivity index (χ4n) is 2.68. The second-order valence-corrected chi connectivity index (χ2v) is 7.16. The van der Waals surface area contributed by atoms with Crippen molar-refractivity contribution in [2.75, 3.05) is 11.9 Å². The molecule has 0 aliphatic rings. The van der Waals surface area contributed by atoms with E-state index in [0.29, 0.717) is 18.9 Å². The molecule has 0 atom stereocenters. The first-order valence-electron chi connectivity index (χ1n) is 8.85. The van der Waals surface area contributed by atoms with Gasteiger partial charge in [-0.2, -0.15) is 5.10 Å². The highest BCUT2D eigenvalue weighted by Gasteiger charge is 2.15. The summed E-state index contributed by atoms with van der Waals surface area (Å²) in [5.74, 6) is 1.29. The monoisotopic (exact) mass is 343 g/mol. The number of amides is 1. The molecule has 0 saturated carbocycles. The van der Waals surface area contributed by atoms with Gasteiger partial charge < -0.3 is 10.1 Å². The molecular weight excluding hydrogens is 314 g/mol. The summed E-state index contributed by atoms with van der Waals surface area (Å²) in [6.45, 7) is 13.0. The van der Waals surface area contributed by atoms with Gasteiger partial charge in [-0.25, -0.2) is 0 Å². The number of hydrogen-bond donors (Lipinski definition) is 1. The Morgan fingerprint density at radius 2 is 1.80 bits per heavy atom. The molecule has 0 aliphatic carbocycles. The summed E-state index contributed by atoms with van der Waals surface area (Å²) in [6, 6.07) is 7.97. The van der Waals surface area contributed by atoms with Crippen LogP contribution in [0.4, 0.5) is 5.69 Å². The number of hydrogen-bond acceptors (Lipinski definition) is 3. The molecule has 5 nitrogen and oxygen atoms in total. The molecule has 25 heavy (non-hydrogen) atoms. The molecule has 136 valence electrons. The van der Waals surface area contributed by atoms with Gasteiger partial charge in [-0.15, -0.1) is 0 Å². The molecule has 0 saturated heterocycles. The Hall–Kier alpha value is -2.30. The maximum Gasteiger partial charge on any atom is 0.228 e. The molecule has 1 heterocycles. The van der Waals surface area contributed by atoms with Crippen molar-refractivity contribution in [1.29, 1.82) is 0 Å². The molecule has 0 spiro atoms. The number of nitrogens with one attached hydrogen (secondary N) is 1. The maximum atomic E-state index is 12.4. The zero-order chi connectivity index (χ0) is 18.6. The summed E-state index contributed by atoms with van der Waals surface area (Å²) in [5.41, 5.74) is 3.60. The van der Waals surface area contributed by atoms with Crippen LogP contribution in [-0.4, -0.2) is 22.3 Å². The lowest BCUT2D eigenvalue weighted by atomic mass is 10.1. The van der Waals surface area contributed by atoms with E-state index < -0.39 is 0 Å². The second-order valence-electron chi connectivity index (χ2n) is 7.16. The first-order chi connectivity index (χ1) is 11.8. The normalized spacial score (nSPS) is 11.2. The molecule has 1 N–H and O–H groups in total. The van der Waals surface area contributed by atoms with E-state index in [-0.39, 0.29) is 11.9 Å². The van der Waals surface area contributed by atoms with Crippen LogP contribution in [0.25, 0.3) is 0 Å². The van der Waals surface area contributed by atoms with E-state index in [2.05, 4.69) is 38.1 Å². The van der Waals surface area contributed by atoms with E-state index in [1.807, 2.05) is 42.8 Å². The van der Waals surface area contributed by atoms with E-state index in [0.717, 1.165) is 28.4 Å². The summed E-state index contributed by atoms with van der Waals surface area (Å²) in [5, 5.41) is 7.50. The zero-order valence-corrected chi connectivity index (χ0v) is 16.1. The Balaban J connectivity index is 1.99. The fraction of sp³-hybridized carbons (Fsp3) is 0.500. The highest BCUT2D eigenvalue weighted by molar-refractivity contribution is 5.93. The Morgan fingerprint density at radius 1 is 1.16 bits per heavy atom. The molecule has 5 heteroatoms. The Bertz CT molecular complexity index is 715.